The van der Waals surface area contributed by atoms with Crippen LogP contribution in [-0.4, -0.2) is 56.7 Å². The van der Waals surface area contributed by atoms with Gasteiger partial charge in [-0.25, -0.2) is 14.7 Å². The molecule has 0 bridgehead atoms. The Balaban J connectivity index is 1.42. The first-order valence-corrected chi connectivity index (χ1v) is 12.9. The molecule has 1 unspecified atom stereocenters. The molecule has 13 heteroatoms. The summed E-state index contributed by atoms with van der Waals surface area (Å²) in [4.78, 5) is 49.1. The van der Waals surface area contributed by atoms with Gasteiger partial charge in [-0.15, -0.1) is 0 Å². The van der Waals surface area contributed by atoms with Gasteiger partial charge in [-0.1, -0.05) is 11.6 Å². The van der Waals surface area contributed by atoms with Crippen LogP contribution in [0.5, 0.6) is 0 Å². The molecule has 2 aliphatic rings. The van der Waals surface area contributed by atoms with Crippen LogP contribution in [0.15, 0.2) is 41.1 Å². The third-order valence-corrected chi connectivity index (χ3v) is 6.85. The van der Waals surface area contributed by atoms with E-state index in [1.165, 1.54) is 28.1 Å². The van der Waals surface area contributed by atoms with Gasteiger partial charge < -0.3 is 10.6 Å². The second kappa shape index (κ2) is 10.5. The maximum atomic E-state index is 13.4. The van der Waals surface area contributed by atoms with Gasteiger partial charge in [0.2, 0.25) is 0 Å². The van der Waals surface area contributed by atoms with Gasteiger partial charge in [0.15, 0.2) is 5.82 Å². The summed E-state index contributed by atoms with van der Waals surface area (Å²) in [5.74, 6) is -0.875. The molecule has 1 saturated carbocycles. The molecule has 3 amide bonds. The number of halogens is 2. The van der Waals surface area contributed by atoms with Crippen LogP contribution < -0.4 is 10.6 Å². The number of nitriles is 1. The van der Waals surface area contributed by atoms with E-state index in [1.54, 1.807) is 25.1 Å². The molecule has 1 aromatic carbocycles. The van der Waals surface area contributed by atoms with Gasteiger partial charge in [0.1, 0.15) is 22.9 Å². The summed E-state index contributed by atoms with van der Waals surface area (Å²) in [5.41, 5.74) is 1.02. The highest BCUT2D eigenvalue weighted by Crippen LogP contribution is 2.31. The number of aromatic nitrogens is 3. The Morgan fingerprint density at radius 1 is 1.29 bits per heavy atom. The number of rotatable bonds is 7. The van der Waals surface area contributed by atoms with Gasteiger partial charge in [-0.2, -0.15) is 10.4 Å². The molecule has 0 spiro atoms. The second-order valence-corrected chi connectivity index (χ2v) is 10.2. The minimum absolute atomic E-state index is 0.00789. The molecule has 2 aromatic heterocycles. The van der Waals surface area contributed by atoms with Crippen molar-refractivity contribution in [2.45, 2.75) is 25.8 Å². The minimum atomic E-state index is -0.875. The van der Waals surface area contributed by atoms with Crippen molar-refractivity contribution in [2.75, 3.05) is 18.5 Å². The minimum Gasteiger partial charge on any atom is -0.338 e. The highest BCUT2D eigenvalue weighted by molar-refractivity contribution is 9.10. The number of nitrogens with zero attached hydrogens (tertiary/aromatic N) is 5. The summed E-state index contributed by atoms with van der Waals surface area (Å²) < 4.78 is 1.65. The van der Waals surface area contributed by atoms with E-state index >= 15 is 0 Å². The van der Waals surface area contributed by atoms with E-state index in [0.717, 1.165) is 12.8 Å². The molecule has 0 radical (unpaired) electrons. The van der Waals surface area contributed by atoms with Crippen LogP contribution in [0.2, 0.25) is 5.02 Å². The zero-order valence-electron chi connectivity index (χ0n) is 20.1. The molecule has 1 aliphatic heterocycles. The molecule has 3 heterocycles. The first kappa shape index (κ1) is 25.8. The first-order valence-electron chi connectivity index (χ1n) is 11.7. The van der Waals surface area contributed by atoms with Crippen LogP contribution in [0.25, 0.3) is 5.82 Å². The lowest BCUT2D eigenvalue weighted by Crippen LogP contribution is -2.43. The standard InChI is InChI=1S/C25H21BrClN7O4/c1-13-7-15(10-28)8-16(23(35)30-18-12-38-33(25(18)37)11-14-4-5-14)21(13)31-24(36)19-9-20(26)32-34(19)22-17(27)3-2-6-29-22/h2-3,6-9,14,18H,4-5,11-12H2,1H3,(H,30,35)(H,31,36). The summed E-state index contributed by atoms with van der Waals surface area (Å²) >= 11 is 9.55. The molecule has 1 saturated heterocycles. The lowest BCUT2D eigenvalue weighted by atomic mass is 10.0. The number of anilines is 1. The quantitative estimate of drug-likeness (QED) is 0.424. The van der Waals surface area contributed by atoms with Crippen LogP contribution in [0.3, 0.4) is 0 Å². The van der Waals surface area contributed by atoms with Crippen LogP contribution in [0.4, 0.5) is 5.69 Å². The molecule has 1 aliphatic carbocycles. The number of hydrogen-bond donors (Lipinski definition) is 2. The van der Waals surface area contributed by atoms with E-state index in [4.69, 9.17) is 16.4 Å². The maximum Gasteiger partial charge on any atom is 0.274 e. The van der Waals surface area contributed by atoms with Crippen LogP contribution in [0, 0.1) is 24.2 Å². The lowest BCUT2D eigenvalue weighted by Gasteiger charge is -2.17. The number of amides is 3. The van der Waals surface area contributed by atoms with E-state index in [-0.39, 0.29) is 45.9 Å². The van der Waals surface area contributed by atoms with E-state index in [9.17, 15) is 19.6 Å². The van der Waals surface area contributed by atoms with Gasteiger partial charge in [0.05, 0.1) is 34.5 Å². The number of benzene rings is 1. The van der Waals surface area contributed by atoms with Gasteiger partial charge in [-0.05, 0) is 71.4 Å². The second-order valence-electron chi connectivity index (χ2n) is 9.02. The maximum absolute atomic E-state index is 13.4. The molecule has 2 N–H and O–H groups in total. The molecule has 5 rings (SSSR count). The molecular weight excluding hydrogens is 578 g/mol. The Kier molecular flexibility index (Phi) is 7.16. The Labute approximate surface area is 230 Å². The van der Waals surface area contributed by atoms with E-state index in [1.807, 2.05) is 6.07 Å². The molecule has 2 fully saturated rings. The largest absolute Gasteiger partial charge is 0.338 e. The number of aryl methyl sites for hydroxylation is 1. The molecule has 194 valence electrons. The van der Waals surface area contributed by atoms with Crippen molar-refractivity contribution in [3.63, 3.8) is 0 Å². The molecule has 11 nitrogen and oxygen atoms in total. The number of pyridine rings is 1. The van der Waals surface area contributed by atoms with E-state index in [0.29, 0.717) is 22.6 Å². The monoisotopic (exact) mass is 597 g/mol. The fourth-order valence-corrected chi connectivity index (χ4v) is 4.65. The summed E-state index contributed by atoms with van der Waals surface area (Å²) in [6.07, 6.45) is 3.62. The first-order chi connectivity index (χ1) is 18.2. The van der Waals surface area contributed by atoms with Crippen molar-refractivity contribution in [3.8, 4) is 11.9 Å². The smallest absolute Gasteiger partial charge is 0.274 e. The average molecular weight is 599 g/mol. The van der Waals surface area contributed by atoms with Crippen LogP contribution in [0.1, 0.15) is 44.8 Å². The highest BCUT2D eigenvalue weighted by Gasteiger charge is 2.38. The van der Waals surface area contributed by atoms with Crippen molar-refractivity contribution in [2.24, 2.45) is 5.92 Å². The number of carbonyl (C=O) groups excluding carboxylic acids is 3. The van der Waals surface area contributed by atoms with Gasteiger partial charge >= 0.3 is 0 Å². The molecule has 3 aromatic rings. The topological polar surface area (TPSA) is 142 Å². The van der Waals surface area contributed by atoms with Crippen molar-refractivity contribution in [1.82, 2.24) is 25.1 Å². The fourth-order valence-electron chi connectivity index (χ4n) is 4.07. The summed E-state index contributed by atoms with van der Waals surface area (Å²) in [7, 11) is 0. The number of carbonyl (C=O) groups is 3. The fraction of sp³-hybridized carbons (Fsp3) is 0.280. The van der Waals surface area contributed by atoms with E-state index in [2.05, 4.69) is 36.6 Å². The lowest BCUT2D eigenvalue weighted by molar-refractivity contribution is -0.162. The van der Waals surface area contributed by atoms with Crippen molar-refractivity contribution < 1.29 is 19.2 Å². The third kappa shape index (κ3) is 5.26. The molecule has 38 heavy (non-hydrogen) atoms. The van der Waals surface area contributed by atoms with Crippen LogP contribution in [-0.2, 0) is 9.63 Å². The summed E-state index contributed by atoms with van der Waals surface area (Å²) in [5, 5.41) is 20.8. The predicted octanol–water partition coefficient (Wildman–Crippen LogP) is 3.40. The normalized spacial score (nSPS) is 16.8. The zero-order valence-corrected chi connectivity index (χ0v) is 22.4. The van der Waals surface area contributed by atoms with Gasteiger partial charge in [-0.3, -0.25) is 19.2 Å². The number of hydroxylamine groups is 2. The van der Waals surface area contributed by atoms with Crippen LogP contribution >= 0.6 is 27.5 Å². The molecule has 1 atom stereocenters. The Hall–Kier alpha value is -3.79. The molecular formula is C25H21BrClN7O4. The van der Waals surface area contributed by atoms with Crippen molar-refractivity contribution >= 4 is 50.9 Å². The predicted molar refractivity (Wildman–Crippen MR) is 140 cm³/mol. The number of hydrogen-bond acceptors (Lipinski definition) is 7. The number of nitrogens with one attached hydrogen (secondary N) is 2. The highest BCUT2D eigenvalue weighted by atomic mass is 79.9. The summed E-state index contributed by atoms with van der Waals surface area (Å²) in [6.45, 7) is 2.17. The van der Waals surface area contributed by atoms with Crippen molar-refractivity contribution in [1.29, 1.82) is 5.26 Å². The average Bonchev–Trinajstić information content (AvgIpc) is 3.54. The SMILES string of the molecule is Cc1cc(C#N)cc(C(=O)NC2CON(CC3CC3)C2=O)c1NC(=O)c1cc(Br)nn1-c1ncccc1Cl. The Morgan fingerprint density at radius 2 is 2.08 bits per heavy atom. The Bertz CT molecular complexity index is 1500. The summed E-state index contributed by atoms with van der Waals surface area (Å²) in [6, 6.07) is 8.82. The third-order valence-electron chi connectivity index (χ3n) is 6.17. The zero-order chi connectivity index (χ0) is 27.0. The van der Waals surface area contributed by atoms with Gasteiger partial charge in [0, 0.05) is 12.3 Å². The van der Waals surface area contributed by atoms with Gasteiger partial charge in [0.25, 0.3) is 17.7 Å². The Morgan fingerprint density at radius 3 is 2.79 bits per heavy atom. The van der Waals surface area contributed by atoms with E-state index < -0.39 is 17.9 Å². The van der Waals surface area contributed by atoms with Crippen molar-refractivity contribution in [3.05, 3.63) is 68.5 Å².